The first-order valence-electron chi connectivity index (χ1n) is 12.0. The molecule has 36 heavy (non-hydrogen) atoms. The summed E-state index contributed by atoms with van der Waals surface area (Å²) < 4.78 is 7.74. The number of nitrogens with one attached hydrogen (secondary N) is 1. The summed E-state index contributed by atoms with van der Waals surface area (Å²) in [6, 6.07) is 18.8. The van der Waals surface area contributed by atoms with Crippen LogP contribution in [-0.4, -0.2) is 40.3 Å². The molecular formula is C28H29N5O2Si. The van der Waals surface area contributed by atoms with Gasteiger partial charge in [0, 0.05) is 61.5 Å². The molecule has 7 nitrogen and oxygen atoms in total. The molecule has 0 spiro atoms. The number of carbonyl (C=O) groups excluding carboxylic acids is 1. The predicted octanol–water partition coefficient (Wildman–Crippen LogP) is 6.21. The molecule has 0 aliphatic heterocycles. The van der Waals surface area contributed by atoms with Gasteiger partial charge in [-0.3, -0.25) is 14.8 Å². The van der Waals surface area contributed by atoms with Gasteiger partial charge in [0.15, 0.2) is 5.69 Å². The summed E-state index contributed by atoms with van der Waals surface area (Å²) in [5.41, 5.74) is 3.85. The summed E-state index contributed by atoms with van der Waals surface area (Å²) in [5.74, 6) is -0.278. The van der Waals surface area contributed by atoms with Crippen molar-refractivity contribution in [2.45, 2.75) is 32.4 Å². The van der Waals surface area contributed by atoms with Crippen LogP contribution in [0.5, 0.6) is 0 Å². The molecule has 8 heteroatoms. The molecule has 5 rings (SSSR count). The van der Waals surface area contributed by atoms with E-state index in [0.717, 1.165) is 38.8 Å². The molecule has 5 aromatic rings. The molecule has 0 atom stereocenters. The van der Waals surface area contributed by atoms with E-state index < -0.39 is 8.07 Å². The normalized spacial score (nSPS) is 11.8. The summed E-state index contributed by atoms with van der Waals surface area (Å²) in [6.45, 7) is 7.94. The molecule has 3 heterocycles. The molecule has 1 N–H and O–H groups in total. The monoisotopic (exact) mass is 495 g/mol. The van der Waals surface area contributed by atoms with Crippen LogP contribution in [0.25, 0.3) is 32.8 Å². The number of carbonyl (C=O) groups is 1. The molecule has 0 fully saturated rings. The minimum Gasteiger partial charge on any atom is -0.360 e. The highest BCUT2D eigenvalue weighted by atomic mass is 28.3. The second-order valence-corrected chi connectivity index (χ2v) is 15.6. The van der Waals surface area contributed by atoms with Gasteiger partial charge in [-0.15, -0.1) is 0 Å². The fourth-order valence-electron chi connectivity index (χ4n) is 4.11. The maximum Gasteiger partial charge on any atom is 0.276 e. The molecule has 182 valence electrons. The van der Waals surface area contributed by atoms with Crippen LogP contribution in [-0.2, 0) is 11.5 Å². The summed E-state index contributed by atoms with van der Waals surface area (Å²) >= 11 is 0. The Labute approximate surface area is 211 Å². The Morgan fingerprint density at radius 3 is 2.58 bits per heavy atom. The molecule has 0 aliphatic rings. The van der Waals surface area contributed by atoms with Crippen molar-refractivity contribution in [2.75, 3.05) is 11.9 Å². The highest BCUT2D eigenvalue weighted by Crippen LogP contribution is 2.31. The number of fused-ring (bicyclic) bond motifs is 2. The lowest BCUT2D eigenvalue weighted by atomic mass is 9.99. The molecular weight excluding hydrogens is 466 g/mol. The molecule has 0 saturated carbocycles. The Balaban J connectivity index is 1.54. The quantitative estimate of drug-likeness (QED) is 0.204. The molecule has 1 amide bonds. The molecule has 0 radical (unpaired) electrons. The molecule has 0 saturated heterocycles. The van der Waals surface area contributed by atoms with Gasteiger partial charge in [-0.2, -0.15) is 5.10 Å². The second kappa shape index (κ2) is 10.0. The van der Waals surface area contributed by atoms with Crippen LogP contribution >= 0.6 is 0 Å². The van der Waals surface area contributed by atoms with Crippen molar-refractivity contribution in [3.05, 3.63) is 85.1 Å². The van der Waals surface area contributed by atoms with E-state index in [-0.39, 0.29) is 5.91 Å². The van der Waals surface area contributed by atoms with Crippen LogP contribution in [0.4, 0.5) is 5.69 Å². The smallest absolute Gasteiger partial charge is 0.276 e. The van der Waals surface area contributed by atoms with Crippen LogP contribution in [0.3, 0.4) is 0 Å². The molecule has 2 aromatic carbocycles. The SMILES string of the molecule is C[Si](C)(C)CCOCn1nc(C(=O)Nc2ccncc2)c2cc(-c3cncc4ccccc34)ccc21. The molecule has 0 bridgehead atoms. The van der Waals surface area contributed by atoms with Crippen molar-refractivity contribution in [1.82, 2.24) is 19.7 Å². The maximum absolute atomic E-state index is 13.3. The number of ether oxygens (including phenoxy) is 1. The van der Waals surface area contributed by atoms with E-state index in [9.17, 15) is 4.79 Å². The molecule has 0 aliphatic carbocycles. The minimum absolute atomic E-state index is 0.278. The Hall–Kier alpha value is -3.88. The number of benzene rings is 2. The number of pyridine rings is 2. The number of nitrogens with zero attached hydrogens (tertiary/aromatic N) is 4. The third kappa shape index (κ3) is 5.19. The number of aromatic nitrogens is 4. The van der Waals surface area contributed by atoms with Gasteiger partial charge in [-0.1, -0.05) is 50.0 Å². The summed E-state index contributed by atoms with van der Waals surface area (Å²) in [7, 11) is -1.20. The first kappa shape index (κ1) is 23.8. The van der Waals surface area contributed by atoms with Crippen molar-refractivity contribution >= 4 is 41.3 Å². The van der Waals surface area contributed by atoms with Crippen LogP contribution in [0, 0.1) is 0 Å². The Morgan fingerprint density at radius 1 is 0.972 bits per heavy atom. The topological polar surface area (TPSA) is 81.9 Å². The van der Waals surface area contributed by atoms with Gasteiger partial charge < -0.3 is 10.1 Å². The summed E-state index contributed by atoms with van der Waals surface area (Å²) in [4.78, 5) is 21.8. The van der Waals surface area contributed by atoms with E-state index in [1.807, 2.05) is 42.7 Å². The Morgan fingerprint density at radius 2 is 1.78 bits per heavy atom. The standard InChI is InChI=1S/C28H29N5O2Si/c1-36(2,3)15-14-35-19-33-26-9-8-20(25-18-30-17-21-6-4-5-7-23(21)25)16-24(26)27(32-33)28(34)31-22-10-12-29-13-11-22/h4-13,16-18H,14-15,19H2,1-3H3,(H,29,31,34). The summed E-state index contributed by atoms with van der Waals surface area (Å²) in [5, 5.41) is 10.6. The fourth-order valence-corrected chi connectivity index (χ4v) is 4.87. The third-order valence-electron chi connectivity index (χ3n) is 6.09. The number of hydrogen-bond donors (Lipinski definition) is 1. The van der Waals surface area contributed by atoms with Crippen LogP contribution in [0.15, 0.2) is 79.4 Å². The van der Waals surface area contributed by atoms with E-state index >= 15 is 0 Å². The van der Waals surface area contributed by atoms with E-state index in [1.54, 1.807) is 29.2 Å². The highest BCUT2D eigenvalue weighted by Gasteiger charge is 2.19. The van der Waals surface area contributed by atoms with Gasteiger partial charge in [0.05, 0.1) is 5.52 Å². The fraction of sp³-hybridized carbons (Fsp3) is 0.214. The zero-order chi connectivity index (χ0) is 25.1. The first-order valence-corrected chi connectivity index (χ1v) is 15.7. The van der Waals surface area contributed by atoms with Gasteiger partial charge in [-0.05, 0) is 41.3 Å². The van der Waals surface area contributed by atoms with Gasteiger partial charge in [0.1, 0.15) is 6.73 Å². The zero-order valence-corrected chi connectivity index (χ0v) is 21.7. The van der Waals surface area contributed by atoms with Gasteiger partial charge in [0.2, 0.25) is 0 Å². The average Bonchev–Trinajstić information content (AvgIpc) is 3.24. The Kier molecular flexibility index (Phi) is 6.62. The lowest BCUT2D eigenvalue weighted by Gasteiger charge is -2.15. The van der Waals surface area contributed by atoms with Gasteiger partial charge >= 0.3 is 0 Å². The van der Waals surface area contributed by atoms with Crippen molar-refractivity contribution in [2.24, 2.45) is 0 Å². The average molecular weight is 496 g/mol. The number of hydrogen-bond acceptors (Lipinski definition) is 5. The van der Waals surface area contributed by atoms with E-state index in [2.05, 4.69) is 52.2 Å². The van der Waals surface area contributed by atoms with Crippen molar-refractivity contribution in [3.8, 4) is 11.1 Å². The zero-order valence-electron chi connectivity index (χ0n) is 20.7. The Bertz CT molecular complexity index is 1520. The van der Waals surface area contributed by atoms with E-state index in [0.29, 0.717) is 24.7 Å². The number of anilines is 1. The van der Waals surface area contributed by atoms with E-state index in [1.165, 1.54) is 0 Å². The lowest BCUT2D eigenvalue weighted by molar-refractivity contribution is 0.0809. The van der Waals surface area contributed by atoms with E-state index in [4.69, 9.17) is 4.74 Å². The highest BCUT2D eigenvalue weighted by molar-refractivity contribution is 6.76. The van der Waals surface area contributed by atoms with Crippen molar-refractivity contribution in [3.63, 3.8) is 0 Å². The van der Waals surface area contributed by atoms with Crippen LogP contribution in [0.1, 0.15) is 10.5 Å². The lowest BCUT2D eigenvalue weighted by Crippen LogP contribution is -2.22. The third-order valence-corrected chi connectivity index (χ3v) is 7.80. The number of amides is 1. The number of rotatable bonds is 8. The van der Waals surface area contributed by atoms with Crippen LogP contribution in [0.2, 0.25) is 25.7 Å². The molecule has 3 aromatic heterocycles. The van der Waals surface area contributed by atoms with Crippen molar-refractivity contribution < 1.29 is 9.53 Å². The van der Waals surface area contributed by atoms with Crippen molar-refractivity contribution in [1.29, 1.82) is 0 Å². The minimum atomic E-state index is -1.20. The predicted molar refractivity (Wildman–Crippen MR) is 147 cm³/mol. The van der Waals surface area contributed by atoms with Crippen LogP contribution < -0.4 is 5.32 Å². The van der Waals surface area contributed by atoms with Gasteiger partial charge in [0.25, 0.3) is 5.91 Å². The molecule has 0 unspecified atom stereocenters. The first-order chi connectivity index (χ1) is 17.4. The summed E-state index contributed by atoms with van der Waals surface area (Å²) in [6.07, 6.45) is 7.01. The maximum atomic E-state index is 13.3. The second-order valence-electron chi connectivity index (χ2n) is 10.0. The van der Waals surface area contributed by atoms with Gasteiger partial charge in [-0.25, -0.2) is 4.68 Å². The largest absolute Gasteiger partial charge is 0.360 e.